The van der Waals surface area contributed by atoms with Crippen LogP contribution in [-0.4, -0.2) is 43.7 Å². The molecule has 1 aromatic rings. The first-order valence-electron chi connectivity index (χ1n) is 5.40. The highest BCUT2D eigenvalue weighted by Crippen LogP contribution is 2.31. The highest BCUT2D eigenvalue weighted by atomic mass is 32.2. The molecule has 8 heteroatoms. The van der Waals surface area contributed by atoms with Crippen molar-refractivity contribution in [2.45, 2.75) is 17.4 Å². The van der Waals surface area contributed by atoms with Crippen molar-refractivity contribution in [1.29, 1.82) is 0 Å². The summed E-state index contributed by atoms with van der Waals surface area (Å²) in [5.41, 5.74) is -0.289. The van der Waals surface area contributed by atoms with Crippen molar-refractivity contribution in [3.8, 4) is 0 Å². The summed E-state index contributed by atoms with van der Waals surface area (Å²) in [5, 5.41) is 8.99. The molecule has 0 aliphatic carbocycles. The number of hydrogen-bond donors (Lipinski definition) is 3. The Balaban J connectivity index is 1.62. The number of aryl methyl sites for hydroxylation is 1. The van der Waals surface area contributed by atoms with Crippen molar-refractivity contribution >= 4 is 29.4 Å². The van der Waals surface area contributed by atoms with Gasteiger partial charge in [-0.1, -0.05) is 0 Å². The molecule has 0 saturated carbocycles. The molecule has 2 heterocycles. The van der Waals surface area contributed by atoms with Gasteiger partial charge in [0.25, 0.3) is 0 Å². The number of nitrogens with zero attached hydrogens (tertiary/aromatic N) is 1. The molecule has 6 nitrogen and oxygen atoms in total. The van der Waals surface area contributed by atoms with E-state index >= 15 is 0 Å². The maximum absolute atomic E-state index is 11.6. The lowest BCUT2D eigenvalue weighted by Crippen LogP contribution is -2.30. The van der Waals surface area contributed by atoms with Gasteiger partial charge in [-0.05, 0) is 6.42 Å². The molecule has 1 saturated heterocycles. The van der Waals surface area contributed by atoms with Crippen LogP contribution in [-0.2, 0) is 11.2 Å². The molecule has 1 fully saturated rings. The number of H-pyrrole nitrogens is 2. The van der Waals surface area contributed by atoms with Gasteiger partial charge in [-0.25, -0.2) is 9.89 Å². The minimum absolute atomic E-state index is 0.0557. The Morgan fingerprint density at radius 2 is 2.24 bits per heavy atom. The average Bonchev–Trinajstić information content (AvgIpc) is 2.95. The summed E-state index contributed by atoms with van der Waals surface area (Å²) in [6.07, 6.45) is 1.43. The predicted molar refractivity (Wildman–Crippen MR) is 69.2 cm³/mol. The summed E-state index contributed by atoms with van der Waals surface area (Å²) >= 11 is 3.39. The second-order valence-electron chi connectivity index (χ2n) is 3.59. The molecule has 1 aromatic heterocycles. The molecular formula is C9H14N4O2S2. The van der Waals surface area contributed by atoms with E-state index in [4.69, 9.17) is 0 Å². The zero-order chi connectivity index (χ0) is 12.1. The van der Waals surface area contributed by atoms with E-state index in [1.807, 2.05) is 0 Å². The third kappa shape index (κ3) is 3.81. The summed E-state index contributed by atoms with van der Waals surface area (Å²) in [7, 11) is 0. The maximum atomic E-state index is 11.6. The molecule has 0 bridgehead atoms. The lowest BCUT2D eigenvalue weighted by atomic mass is 10.3. The van der Waals surface area contributed by atoms with Crippen LogP contribution in [0, 0.1) is 0 Å². The van der Waals surface area contributed by atoms with Gasteiger partial charge in [-0.15, -0.1) is 23.5 Å². The lowest BCUT2D eigenvalue weighted by Gasteiger charge is -2.08. The smallest absolute Gasteiger partial charge is 0.340 e. The Morgan fingerprint density at radius 1 is 1.47 bits per heavy atom. The van der Waals surface area contributed by atoms with Crippen molar-refractivity contribution in [2.75, 3.05) is 18.1 Å². The minimum Gasteiger partial charge on any atom is -0.354 e. The lowest BCUT2D eigenvalue weighted by molar-refractivity contribution is -0.119. The molecule has 0 atom stereocenters. The highest BCUT2D eigenvalue weighted by Gasteiger charge is 2.23. The fourth-order valence-electron chi connectivity index (χ4n) is 1.48. The number of thioether (sulfide) groups is 2. The van der Waals surface area contributed by atoms with Crippen LogP contribution in [0.5, 0.6) is 0 Å². The monoisotopic (exact) mass is 274 g/mol. The molecule has 0 aromatic carbocycles. The maximum Gasteiger partial charge on any atom is 0.340 e. The quantitative estimate of drug-likeness (QED) is 0.655. The van der Waals surface area contributed by atoms with E-state index in [0.717, 1.165) is 17.9 Å². The van der Waals surface area contributed by atoms with E-state index in [9.17, 15) is 9.59 Å². The Kier molecular flexibility index (Phi) is 4.55. The van der Waals surface area contributed by atoms with E-state index in [0.29, 0.717) is 18.8 Å². The fraction of sp³-hybridized carbons (Fsp3) is 0.667. The van der Waals surface area contributed by atoms with Crippen molar-refractivity contribution in [3.05, 3.63) is 16.3 Å². The molecule has 1 aliphatic heterocycles. The fourth-order valence-corrected chi connectivity index (χ4v) is 4.11. The van der Waals surface area contributed by atoms with Gasteiger partial charge in [0, 0.05) is 24.5 Å². The first kappa shape index (κ1) is 12.6. The van der Waals surface area contributed by atoms with Crippen molar-refractivity contribution in [1.82, 2.24) is 20.5 Å². The normalized spacial score (nSPS) is 16.2. The molecule has 0 unspecified atom stereocenters. The summed E-state index contributed by atoms with van der Waals surface area (Å²) in [6.45, 7) is 0.616. The van der Waals surface area contributed by atoms with Crippen LogP contribution in [0.4, 0.5) is 0 Å². The van der Waals surface area contributed by atoms with Gasteiger partial charge in [-0.3, -0.25) is 9.78 Å². The Morgan fingerprint density at radius 3 is 2.88 bits per heavy atom. The van der Waals surface area contributed by atoms with E-state index in [2.05, 4.69) is 20.5 Å². The van der Waals surface area contributed by atoms with Gasteiger partial charge in [0.1, 0.15) is 10.4 Å². The Bertz CT molecular complexity index is 425. The number of hydrogen-bond acceptors (Lipinski definition) is 5. The molecule has 2 rings (SSSR count). The molecular weight excluding hydrogens is 260 g/mol. The second kappa shape index (κ2) is 6.15. The highest BCUT2D eigenvalue weighted by molar-refractivity contribution is 8.21. The number of aromatic amines is 2. The zero-order valence-electron chi connectivity index (χ0n) is 9.19. The standard InChI is InChI=1S/C9H14N4O2S2/c14-7(8-16-4-5-17-8)10-3-1-2-6-11-9(15)13-12-6/h8H,1-5H2,(H,10,14)(H2,11,12,13,15). The summed E-state index contributed by atoms with van der Waals surface area (Å²) in [5.74, 6) is 2.84. The van der Waals surface area contributed by atoms with Crippen molar-refractivity contribution < 1.29 is 4.79 Å². The van der Waals surface area contributed by atoms with Crippen molar-refractivity contribution in [3.63, 3.8) is 0 Å². The summed E-state index contributed by atoms with van der Waals surface area (Å²) in [6, 6.07) is 0. The largest absolute Gasteiger partial charge is 0.354 e. The van der Waals surface area contributed by atoms with Gasteiger partial charge >= 0.3 is 5.69 Å². The SMILES string of the molecule is O=C(NCCCc1n[nH]c(=O)[nH]1)C1SCCS1. The number of carbonyl (C=O) groups excluding carboxylic acids is 1. The molecule has 1 aliphatic rings. The molecule has 3 N–H and O–H groups in total. The molecule has 0 radical (unpaired) electrons. The van der Waals surface area contributed by atoms with E-state index in [-0.39, 0.29) is 16.2 Å². The van der Waals surface area contributed by atoms with Crippen LogP contribution in [0.3, 0.4) is 0 Å². The predicted octanol–water partition coefficient (Wildman–Crippen LogP) is -0.0471. The van der Waals surface area contributed by atoms with Crippen LogP contribution >= 0.6 is 23.5 Å². The van der Waals surface area contributed by atoms with Gasteiger partial charge in [0.05, 0.1) is 0 Å². The number of nitrogens with one attached hydrogen (secondary N) is 3. The van der Waals surface area contributed by atoms with E-state index in [1.54, 1.807) is 23.5 Å². The summed E-state index contributed by atoms with van der Waals surface area (Å²) in [4.78, 5) is 25.0. The molecule has 0 spiro atoms. The third-order valence-electron chi connectivity index (χ3n) is 2.28. The summed E-state index contributed by atoms with van der Waals surface area (Å²) < 4.78 is 0.0557. The second-order valence-corrected chi connectivity index (χ2v) is 6.32. The first-order chi connectivity index (χ1) is 8.25. The first-order valence-corrected chi connectivity index (χ1v) is 7.50. The number of rotatable bonds is 5. The van der Waals surface area contributed by atoms with Crippen LogP contribution in [0.1, 0.15) is 12.2 Å². The molecule has 1 amide bonds. The van der Waals surface area contributed by atoms with Gasteiger partial charge in [0.2, 0.25) is 5.91 Å². The van der Waals surface area contributed by atoms with Gasteiger partial charge in [0.15, 0.2) is 0 Å². The van der Waals surface area contributed by atoms with Gasteiger partial charge in [-0.2, -0.15) is 5.10 Å². The number of aromatic nitrogens is 3. The molecule has 94 valence electrons. The van der Waals surface area contributed by atoms with Crippen LogP contribution in [0.25, 0.3) is 0 Å². The zero-order valence-corrected chi connectivity index (χ0v) is 10.8. The van der Waals surface area contributed by atoms with E-state index < -0.39 is 0 Å². The topological polar surface area (TPSA) is 90.6 Å². The Labute approximate surface area is 107 Å². The van der Waals surface area contributed by atoms with Crippen LogP contribution in [0.2, 0.25) is 0 Å². The number of carbonyl (C=O) groups is 1. The van der Waals surface area contributed by atoms with Crippen LogP contribution < -0.4 is 11.0 Å². The van der Waals surface area contributed by atoms with E-state index in [1.165, 1.54) is 0 Å². The minimum atomic E-state index is -0.289. The average molecular weight is 274 g/mol. The van der Waals surface area contributed by atoms with Crippen molar-refractivity contribution in [2.24, 2.45) is 0 Å². The third-order valence-corrected chi connectivity index (χ3v) is 5.26. The number of amides is 1. The van der Waals surface area contributed by atoms with Gasteiger partial charge < -0.3 is 5.32 Å². The Hall–Kier alpha value is -0.890. The van der Waals surface area contributed by atoms with Crippen LogP contribution in [0.15, 0.2) is 4.79 Å². The molecule has 17 heavy (non-hydrogen) atoms.